The number of amides is 5. The predicted molar refractivity (Wildman–Crippen MR) is 241 cm³/mol. The maximum atomic E-state index is 13.7. The summed E-state index contributed by atoms with van der Waals surface area (Å²) in [6, 6.07) is -4.68. The van der Waals surface area contributed by atoms with Crippen molar-refractivity contribution in [2.24, 2.45) is 23.0 Å². The van der Waals surface area contributed by atoms with Gasteiger partial charge in [-0.25, -0.2) is 0 Å². The van der Waals surface area contributed by atoms with Crippen molar-refractivity contribution in [3.8, 4) is 0 Å². The lowest BCUT2D eigenvalue weighted by molar-refractivity contribution is -0.199. The van der Waals surface area contributed by atoms with Crippen molar-refractivity contribution in [1.82, 2.24) is 31.9 Å². The molecule has 9 atom stereocenters. The number of nitrogens with two attached hydrogens (primary N) is 1. The lowest BCUT2D eigenvalue weighted by Crippen LogP contribution is -2.65. The van der Waals surface area contributed by atoms with Crippen LogP contribution in [0.2, 0.25) is 0 Å². The fourth-order valence-corrected chi connectivity index (χ4v) is 9.45. The highest BCUT2D eigenvalue weighted by molar-refractivity contribution is 6.47. The van der Waals surface area contributed by atoms with E-state index in [0.29, 0.717) is 50.6 Å². The second-order valence-corrected chi connectivity index (χ2v) is 19.0. The molecule has 0 radical (unpaired) electrons. The van der Waals surface area contributed by atoms with Gasteiger partial charge in [-0.15, -0.1) is 0 Å². The first-order valence-corrected chi connectivity index (χ1v) is 23.9. The summed E-state index contributed by atoms with van der Waals surface area (Å²) in [4.78, 5) is 79.0. The van der Waals surface area contributed by atoms with E-state index in [9.17, 15) is 33.9 Å². The van der Waals surface area contributed by atoms with E-state index in [1.807, 2.05) is 13.8 Å². The van der Waals surface area contributed by atoms with Gasteiger partial charge in [-0.3, -0.25) is 28.8 Å². The molecular formula is C45H82BN7O9. The molecule has 4 aliphatic rings. The van der Waals surface area contributed by atoms with Crippen LogP contribution in [0.1, 0.15) is 170 Å². The number of carbonyl (C=O) groups is 6. The second-order valence-electron chi connectivity index (χ2n) is 19.0. The van der Waals surface area contributed by atoms with E-state index in [0.717, 1.165) is 45.1 Å². The Bertz CT molecular complexity index is 1460. The summed E-state index contributed by atoms with van der Waals surface area (Å²) in [5.74, 6) is -3.93. The van der Waals surface area contributed by atoms with Gasteiger partial charge < -0.3 is 52.0 Å². The number of carboxylic acids is 1. The van der Waals surface area contributed by atoms with Gasteiger partial charge in [-0.2, -0.15) is 0 Å². The molecule has 62 heavy (non-hydrogen) atoms. The second kappa shape index (κ2) is 26.5. The highest BCUT2D eigenvalue weighted by Crippen LogP contribution is 2.65. The number of rotatable bonds is 32. The van der Waals surface area contributed by atoms with Crippen LogP contribution in [0, 0.1) is 17.3 Å². The van der Waals surface area contributed by atoms with Crippen LogP contribution in [0.5, 0.6) is 0 Å². The summed E-state index contributed by atoms with van der Waals surface area (Å²) in [5.41, 5.74) is 5.40. The maximum absolute atomic E-state index is 13.7. The molecule has 0 aromatic heterocycles. The Morgan fingerprint density at radius 2 is 1.26 bits per heavy atom. The summed E-state index contributed by atoms with van der Waals surface area (Å²) in [6.07, 6.45) is 15.1. The number of carboxylic acid groups (broad SMARTS) is 1. The van der Waals surface area contributed by atoms with Crippen LogP contribution >= 0.6 is 0 Å². The molecule has 17 heteroatoms. The average molecular weight is 876 g/mol. The Morgan fingerprint density at radius 1 is 0.694 bits per heavy atom. The van der Waals surface area contributed by atoms with Gasteiger partial charge in [-0.05, 0) is 96.1 Å². The monoisotopic (exact) mass is 876 g/mol. The molecule has 9 N–H and O–H groups in total. The molecule has 0 unspecified atom stereocenters. The summed E-state index contributed by atoms with van der Waals surface area (Å²) in [5, 5.41) is 26.5. The number of hydrogen-bond acceptors (Lipinski definition) is 10. The average Bonchev–Trinajstić information content (AvgIpc) is 3.59. The Morgan fingerprint density at radius 3 is 1.89 bits per heavy atom. The Hall–Kier alpha value is -3.28. The van der Waals surface area contributed by atoms with Crippen LogP contribution in [-0.4, -0.2) is 109 Å². The minimum absolute atomic E-state index is 0.0507. The van der Waals surface area contributed by atoms with Crippen molar-refractivity contribution in [1.29, 1.82) is 0 Å². The van der Waals surface area contributed by atoms with Gasteiger partial charge in [-0.1, -0.05) is 91.9 Å². The lowest BCUT2D eigenvalue weighted by atomic mass is 9.43. The zero-order valence-corrected chi connectivity index (χ0v) is 39.0. The summed E-state index contributed by atoms with van der Waals surface area (Å²) < 4.78 is 12.9. The summed E-state index contributed by atoms with van der Waals surface area (Å²) in [6.45, 7) is 15.8. The predicted octanol–water partition coefficient (Wildman–Crippen LogP) is 4.02. The van der Waals surface area contributed by atoms with E-state index in [1.54, 1.807) is 0 Å². The summed E-state index contributed by atoms with van der Waals surface area (Å²) in [7, 11) is -0.643. The highest BCUT2D eigenvalue weighted by Gasteiger charge is 2.68. The zero-order chi connectivity index (χ0) is 45.9. The maximum Gasteiger partial charge on any atom is 0.481 e. The number of aliphatic carboxylic acids is 1. The van der Waals surface area contributed by atoms with Crippen LogP contribution in [-0.2, 0) is 38.1 Å². The van der Waals surface area contributed by atoms with Gasteiger partial charge in [0.05, 0.1) is 24.1 Å². The molecule has 1 saturated heterocycles. The third-order valence-corrected chi connectivity index (χ3v) is 13.6. The number of hydrogen-bond donors (Lipinski definition) is 8. The Labute approximate surface area is 371 Å². The highest BCUT2D eigenvalue weighted by atomic mass is 16.7. The minimum Gasteiger partial charge on any atom is -0.481 e. The van der Waals surface area contributed by atoms with Gasteiger partial charge in [0.25, 0.3) is 0 Å². The van der Waals surface area contributed by atoms with E-state index in [4.69, 9.17) is 15.0 Å². The molecule has 5 amide bonds. The normalized spacial score (nSPS) is 23.4. The van der Waals surface area contributed by atoms with E-state index in [1.165, 1.54) is 45.4 Å². The Balaban J connectivity index is 1.54. The third kappa shape index (κ3) is 16.1. The van der Waals surface area contributed by atoms with Gasteiger partial charge in [0.15, 0.2) is 0 Å². The molecular weight excluding hydrogens is 793 g/mol. The smallest absolute Gasteiger partial charge is 0.481 e. The van der Waals surface area contributed by atoms with Crippen LogP contribution in [0.15, 0.2) is 0 Å². The van der Waals surface area contributed by atoms with E-state index in [2.05, 4.69) is 59.6 Å². The largest absolute Gasteiger partial charge is 0.481 e. The third-order valence-electron chi connectivity index (χ3n) is 13.6. The summed E-state index contributed by atoms with van der Waals surface area (Å²) >= 11 is 0. The fraction of sp³-hybridized carbons (Fsp3) is 0.867. The van der Waals surface area contributed by atoms with Crippen molar-refractivity contribution in [2.75, 3.05) is 19.6 Å². The van der Waals surface area contributed by atoms with Crippen LogP contribution in [0.3, 0.4) is 0 Å². The first-order valence-electron chi connectivity index (χ1n) is 23.9. The molecule has 4 rings (SSSR count). The van der Waals surface area contributed by atoms with E-state index in [-0.39, 0.29) is 30.3 Å². The molecule has 0 aromatic rings. The fourth-order valence-electron chi connectivity index (χ4n) is 9.45. The van der Waals surface area contributed by atoms with E-state index >= 15 is 0 Å². The van der Waals surface area contributed by atoms with Gasteiger partial charge in [0, 0.05) is 13.0 Å². The van der Waals surface area contributed by atoms with Gasteiger partial charge >= 0.3 is 13.1 Å². The topological polar surface area (TPSA) is 239 Å². The molecule has 354 valence electrons. The first kappa shape index (κ1) is 53.1. The van der Waals surface area contributed by atoms with Crippen molar-refractivity contribution in [3.05, 3.63) is 0 Å². The number of carbonyl (C=O) groups excluding carboxylic acids is 5. The van der Waals surface area contributed by atoms with Crippen molar-refractivity contribution >= 4 is 42.6 Å². The molecule has 2 bridgehead atoms. The molecule has 3 saturated carbocycles. The van der Waals surface area contributed by atoms with Crippen LogP contribution in [0.4, 0.5) is 0 Å². The molecule has 1 aliphatic heterocycles. The first-order chi connectivity index (χ1) is 29.5. The SMILES string of the molecule is CCCCCCCCCCNCCC(=O)N[C@@H](CCCCN)C(=O)N[C@@H](CC(=O)O)C(=O)N[C@@H](C)C(=O)N[C@@H](CCCCC)C(=O)N[C@@H](C)B1O[C@@H]2C[C@@H]3C[C@@H](C3(C)C)[C@]2(C)O1. The molecule has 4 fully saturated rings. The van der Waals surface area contributed by atoms with Gasteiger partial charge in [0.2, 0.25) is 29.5 Å². The molecule has 0 aromatic carbocycles. The minimum atomic E-state index is -1.55. The molecule has 16 nitrogen and oxygen atoms in total. The van der Waals surface area contributed by atoms with Crippen molar-refractivity contribution in [2.45, 2.75) is 212 Å². The Kier molecular flexibility index (Phi) is 22.7. The zero-order valence-electron chi connectivity index (χ0n) is 39.0. The van der Waals surface area contributed by atoms with Crippen LogP contribution in [0.25, 0.3) is 0 Å². The molecule has 3 aliphatic carbocycles. The number of nitrogens with one attached hydrogen (secondary N) is 6. The quantitative estimate of drug-likeness (QED) is 0.0355. The van der Waals surface area contributed by atoms with Crippen LogP contribution < -0.4 is 37.6 Å². The lowest BCUT2D eigenvalue weighted by Gasteiger charge is -2.64. The molecule has 1 heterocycles. The molecule has 0 spiro atoms. The van der Waals surface area contributed by atoms with Crippen molar-refractivity contribution < 1.29 is 43.2 Å². The van der Waals surface area contributed by atoms with Gasteiger partial charge in [0.1, 0.15) is 24.2 Å². The van der Waals surface area contributed by atoms with E-state index < -0.39 is 78.8 Å². The van der Waals surface area contributed by atoms with Crippen molar-refractivity contribution in [3.63, 3.8) is 0 Å². The number of unbranched alkanes of at least 4 members (excludes halogenated alkanes) is 10. The standard InChI is InChI=1S/C45H82BN7O9/c1-8-10-12-13-14-15-16-20-25-48-26-23-38(54)51-33(22-18-19-24-47)42(59)53-35(29-39(55)56)43(60)49-30(3)40(57)52-34(21-17-11-9-2)41(58)50-31(4)46-61-37-28-32-27-36(44(32,5)6)45(37,7)62-46/h30-37,48H,8-29,47H2,1-7H3,(H,49,60)(H,50,58)(H,51,54)(H,52,57)(H,53,59)(H,55,56)/t30-,31-,32-,33-,34-,35-,36-,37+,45-/m0/s1.